The van der Waals surface area contributed by atoms with E-state index in [4.69, 9.17) is 5.11 Å². The summed E-state index contributed by atoms with van der Waals surface area (Å²) in [6.07, 6.45) is 63.9. The summed E-state index contributed by atoms with van der Waals surface area (Å²) < 4.78 is 0. The second kappa shape index (κ2) is 55.9. The molecule has 58 heavy (non-hydrogen) atoms. The van der Waals surface area contributed by atoms with Gasteiger partial charge in [-0.2, -0.15) is 0 Å². The van der Waals surface area contributed by atoms with Gasteiger partial charge in [-0.3, -0.25) is 9.59 Å². The van der Waals surface area contributed by atoms with Crippen LogP contribution in [0.15, 0.2) is 0 Å². The molecule has 4 nitrogen and oxygen atoms in total. The van der Waals surface area contributed by atoms with Gasteiger partial charge in [0.1, 0.15) is 0 Å². The second-order valence-corrected chi connectivity index (χ2v) is 18.4. The number of amides is 1. The average molecular weight is 820 g/mol. The Hall–Kier alpha value is -1.06. The number of carboxylic acids is 1. The lowest BCUT2D eigenvalue weighted by atomic mass is 10.0. The quantitative estimate of drug-likeness (QED) is 0.0601. The number of carbonyl (C=O) groups excluding carboxylic acids is 1. The summed E-state index contributed by atoms with van der Waals surface area (Å²) in [5, 5.41) is 11.7. The molecular weight excluding hydrogens is 711 g/mol. The maximum Gasteiger partial charge on any atom is 0.303 e. The lowest BCUT2D eigenvalue weighted by molar-refractivity contribution is -0.137. The highest BCUT2D eigenvalue weighted by molar-refractivity contribution is 5.75. The lowest BCUT2D eigenvalue weighted by Crippen LogP contribution is -2.23. The molecule has 0 aromatic carbocycles. The van der Waals surface area contributed by atoms with Crippen molar-refractivity contribution in [1.29, 1.82) is 0 Å². The molecule has 0 saturated heterocycles. The van der Waals surface area contributed by atoms with Crippen LogP contribution in [0.3, 0.4) is 0 Å². The zero-order chi connectivity index (χ0) is 42.5. The van der Waals surface area contributed by atoms with Crippen molar-refractivity contribution in [2.24, 2.45) is 0 Å². The summed E-state index contributed by atoms with van der Waals surface area (Å²) >= 11 is 0. The Balaban J connectivity index is 0. The van der Waals surface area contributed by atoms with Crippen molar-refractivity contribution in [3.05, 3.63) is 0 Å². The molecule has 0 aliphatic rings. The topological polar surface area (TPSA) is 66.4 Å². The third-order valence-electron chi connectivity index (χ3n) is 12.4. The molecule has 0 aromatic heterocycles. The van der Waals surface area contributed by atoms with Gasteiger partial charge in [0.2, 0.25) is 5.91 Å². The van der Waals surface area contributed by atoms with E-state index in [1.165, 1.54) is 270 Å². The Morgan fingerprint density at radius 2 is 0.466 bits per heavy atom. The van der Waals surface area contributed by atoms with Gasteiger partial charge in [-0.25, -0.2) is 0 Å². The van der Waals surface area contributed by atoms with Gasteiger partial charge in [0.15, 0.2) is 0 Å². The molecule has 1 amide bonds. The molecule has 0 saturated carbocycles. The van der Waals surface area contributed by atoms with Crippen molar-refractivity contribution in [1.82, 2.24) is 5.32 Å². The fraction of sp³-hybridized carbons (Fsp3) is 0.963. The number of hydrogen-bond donors (Lipinski definition) is 2. The summed E-state index contributed by atoms with van der Waals surface area (Å²) in [5.74, 6) is -0.375. The first-order valence-electron chi connectivity index (χ1n) is 27.1. The second-order valence-electron chi connectivity index (χ2n) is 18.4. The summed E-state index contributed by atoms with van der Waals surface area (Å²) in [6.45, 7) is 7.74. The third kappa shape index (κ3) is 59.3. The van der Waals surface area contributed by atoms with Crippen LogP contribution in [-0.2, 0) is 9.59 Å². The van der Waals surface area contributed by atoms with Crippen molar-refractivity contribution in [2.45, 2.75) is 329 Å². The van der Waals surface area contributed by atoms with E-state index in [0.29, 0.717) is 6.42 Å². The maximum absolute atomic E-state index is 12.0. The van der Waals surface area contributed by atoms with E-state index in [1.54, 1.807) is 0 Å². The number of nitrogens with one attached hydrogen (secondary N) is 1. The van der Waals surface area contributed by atoms with Gasteiger partial charge in [-0.15, -0.1) is 0 Å². The van der Waals surface area contributed by atoms with E-state index >= 15 is 0 Å². The number of carboxylic acid groups (broad SMARTS) is 1. The van der Waals surface area contributed by atoms with E-state index in [2.05, 4.69) is 26.1 Å². The molecular formula is C54H109NO3. The first-order chi connectivity index (χ1) is 28.6. The van der Waals surface area contributed by atoms with Gasteiger partial charge in [-0.05, 0) is 19.3 Å². The van der Waals surface area contributed by atoms with Gasteiger partial charge in [0.25, 0.3) is 0 Å². The van der Waals surface area contributed by atoms with E-state index in [9.17, 15) is 9.59 Å². The number of hydrogen-bond acceptors (Lipinski definition) is 2. The normalized spacial score (nSPS) is 11.2. The fourth-order valence-corrected chi connectivity index (χ4v) is 8.29. The monoisotopic (exact) mass is 820 g/mol. The maximum atomic E-state index is 12.0. The van der Waals surface area contributed by atoms with Gasteiger partial charge in [0, 0.05) is 19.4 Å². The van der Waals surface area contributed by atoms with Crippen LogP contribution in [0, 0.1) is 0 Å². The minimum Gasteiger partial charge on any atom is -0.481 e. The SMILES string of the molecule is CCCCCCCCCCCCCCCCCC(=O)O.CCCCCCCCCCCCCCCCCCNC(=O)CCCCCCCCCCCCCCCCC. The molecule has 2 N–H and O–H groups in total. The molecule has 0 heterocycles. The molecule has 348 valence electrons. The zero-order valence-corrected chi connectivity index (χ0v) is 40.4. The smallest absolute Gasteiger partial charge is 0.303 e. The molecule has 0 aromatic rings. The predicted octanol–water partition coefficient (Wildman–Crippen LogP) is 19.0. The Kier molecular flexibility index (Phi) is 56.9. The largest absolute Gasteiger partial charge is 0.481 e. The highest BCUT2D eigenvalue weighted by atomic mass is 16.4. The van der Waals surface area contributed by atoms with E-state index in [1.807, 2.05) is 0 Å². The van der Waals surface area contributed by atoms with Crippen molar-refractivity contribution >= 4 is 11.9 Å². The van der Waals surface area contributed by atoms with Crippen molar-refractivity contribution in [3.63, 3.8) is 0 Å². The van der Waals surface area contributed by atoms with Crippen LogP contribution in [0.4, 0.5) is 0 Å². The minimum absolute atomic E-state index is 0.278. The minimum atomic E-state index is -0.653. The molecule has 0 atom stereocenters. The van der Waals surface area contributed by atoms with Gasteiger partial charge in [-0.1, -0.05) is 297 Å². The Morgan fingerprint density at radius 3 is 0.690 bits per heavy atom. The van der Waals surface area contributed by atoms with Gasteiger partial charge >= 0.3 is 5.97 Å². The molecule has 0 rings (SSSR count). The Labute approximate surface area is 366 Å². The molecule has 0 radical (unpaired) electrons. The molecule has 0 unspecified atom stereocenters. The van der Waals surface area contributed by atoms with Crippen molar-refractivity contribution < 1.29 is 14.7 Å². The summed E-state index contributed by atoms with van der Waals surface area (Å²) in [5.41, 5.74) is 0. The van der Waals surface area contributed by atoms with Gasteiger partial charge < -0.3 is 10.4 Å². The standard InChI is InChI=1S/C36H73NO.C18H36O2/c1-3-5-7-9-11-13-15-17-19-21-23-25-27-29-31-33-35-37-36(38)34-32-30-28-26-24-22-20-18-16-14-12-10-8-6-4-2;1-2-3-4-5-6-7-8-9-10-11-12-13-14-15-16-17-18(19)20/h3-35H2,1-2H3,(H,37,38);2-17H2,1H3,(H,19,20). The molecule has 0 spiro atoms. The van der Waals surface area contributed by atoms with Crippen molar-refractivity contribution in [2.75, 3.05) is 6.54 Å². The van der Waals surface area contributed by atoms with E-state index < -0.39 is 5.97 Å². The number of carbonyl (C=O) groups is 2. The van der Waals surface area contributed by atoms with Crippen LogP contribution in [0.25, 0.3) is 0 Å². The van der Waals surface area contributed by atoms with Crippen LogP contribution in [0.2, 0.25) is 0 Å². The molecule has 0 aliphatic carbocycles. The van der Waals surface area contributed by atoms with Crippen LogP contribution < -0.4 is 5.32 Å². The first-order valence-corrected chi connectivity index (χ1v) is 27.1. The third-order valence-corrected chi connectivity index (χ3v) is 12.4. The highest BCUT2D eigenvalue weighted by Crippen LogP contribution is 2.16. The number of rotatable bonds is 49. The predicted molar refractivity (Wildman–Crippen MR) is 259 cm³/mol. The Morgan fingerprint density at radius 1 is 0.276 bits per heavy atom. The lowest BCUT2D eigenvalue weighted by Gasteiger charge is -2.06. The first kappa shape index (κ1) is 59.0. The summed E-state index contributed by atoms with van der Waals surface area (Å²) in [7, 11) is 0. The summed E-state index contributed by atoms with van der Waals surface area (Å²) in [4.78, 5) is 22.4. The van der Waals surface area contributed by atoms with Crippen LogP contribution in [0.1, 0.15) is 329 Å². The van der Waals surface area contributed by atoms with E-state index in [0.717, 1.165) is 38.6 Å². The van der Waals surface area contributed by atoms with Crippen molar-refractivity contribution in [3.8, 4) is 0 Å². The Bertz CT molecular complexity index is 755. The van der Waals surface area contributed by atoms with Gasteiger partial charge in [0.05, 0.1) is 0 Å². The molecule has 0 aliphatic heterocycles. The molecule has 4 heteroatoms. The zero-order valence-electron chi connectivity index (χ0n) is 40.4. The number of aliphatic carboxylic acids is 1. The van der Waals surface area contributed by atoms with E-state index in [-0.39, 0.29) is 5.91 Å². The average Bonchev–Trinajstić information content (AvgIpc) is 3.22. The van der Waals surface area contributed by atoms with Crippen LogP contribution in [-0.4, -0.2) is 23.5 Å². The summed E-state index contributed by atoms with van der Waals surface area (Å²) in [6, 6.07) is 0. The fourth-order valence-electron chi connectivity index (χ4n) is 8.29. The van der Waals surface area contributed by atoms with Crippen LogP contribution in [0.5, 0.6) is 0 Å². The molecule has 0 fully saturated rings. The van der Waals surface area contributed by atoms with Crippen LogP contribution >= 0.6 is 0 Å². The number of unbranched alkanes of at least 4 members (excludes halogenated alkanes) is 43. The molecule has 0 bridgehead atoms. The highest BCUT2D eigenvalue weighted by Gasteiger charge is 2.02.